The average molecular weight is 218 g/mol. The number of rotatable bonds is 6. The van der Waals surface area contributed by atoms with Gasteiger partial charge in [-0.05, 0) is 24.4 Å². The van der Waals surface area contributed by atoms with Crippen molar-refractivity contribution < 1.29 is 5.11 Å². The van der Waals surface area contributed by atoms with E-state index in [1.807, 2.05) is 0 Å². The third-order valence-electron chi connectivity index (χ3n) is 1.54. The second-order valence-electron chi connectivity index (χ2n) is 2.61. The molecular weight excluding hydrogens is 204 g/mol. The minimum absolute atomic E-state index is 0.289. The highest BCUT2D eigenvalue weighted by molar-refractivity contribution is 8.00. The monoisotopic (exact) mass is 218 g/mol. The molecule has 13 heavy (non-hydrogen) atoms. The second kappa shape index (κ2) is 6.34. The van der Waals surface area contributed by atoms with Gasteiger partial charge in [-0.15, -0.1) is 0 Å². The number of aryl methyl sites for hydroxylation is 1. The van der Waals surface area contributed by atoms with Crippen molar-refractivity contribution in [2.45, 2.75) is 30.5 Å². The maximum Gasteiger partial charge on any atom is 0.170 e. The van der Waals surface area contributed by atoms with Crippen LogP contribution in [0, 0.1) is 0 Å². The van der Waals surface area contributed by atoms with Crippen LogP contribution in [0.25, 0.3) is 0 Å². The standard InChI is InChI=1S/C8H14N2OS2/c1-2-7-9-8(13-10-7)12-6-4-3-5-11/h11H,2-6H2,1H3. The van der Waals surface area contributed by atoms with Crippen LogP contribution in [0.1, 0.15) is 25.6 Å². The minimum atomic E-state index is 0.289. The first kappa shape index (κ1) is 10.9. The number of hydrogen-bond acceptors (Lipinski definition) is 5. The van der Waals surface area contributed by atoms with E-state index >= 15 is 0 Å². The Morgan fingerprint density at radius 3 is 2.92 bits per heavy atom. The van der Waals surface area contributed by atoms with E-state index in [1.54, 1.807) is 11.8 Å². The zero-order chi connectivity index (χ0) is 9.52. The summed E-state index contributed by atoms with van der Waals surface area (Å²) in [5.74, 6) is 1.97. The normalized spacial score (nSPS) is 10.6. The number of unbranched alkanes of at least 4 members (excludes halogenated alkanes) is 1. The van der Waals surface area contributed by atoms with Gasteiger partial charge in [-0.25, -0.2) is 4.98 Å². The Balaban J connectivity index is 2.20. The van der Waals surface area contributed by atoms with Crippen molar-refractivity contribution in [2.24, 2.45) is 0 Å². The van der Waals surface area contributed by atoms with Gasteiger partial charge in [0.1, 0.15) is 5.82 Å². The lowest BCUT2D eigenvalue weighted by atomic mass is 10.4. The van der Waals surface area contributed by atoms with Crippen LogP contribution in [-0.4, -0.2) is 26.8 Å². The Labute approximate surface area is 86.8 Å². The summed E-state index contributed by atoms with van der Waals surface area (Å²) in [4.78, 5) is 4.33. The third kappa shape index (κ3) is 4.06. The Kier molecular flexibility index (Phi) is 5.34. The van der Waals surface area contributed by atoms with Crippen molar-refractivity contribution in [1.29, 1.82) is 0 Å². The van der Waals surface area contributed by atoms with Crippen molar-refractivity contribution in [1.82, 2.24) is 9.36 Å². The summed E-state index contributed by atoms with van der Waals surface area (Å²) < 4.78 is 5.24. The molecule has 5 heteroatoms. The van der Waals surface area contributed by atoms with Crippen molar-refractivity contribution in [3.05, 3.63) is 5.82 Å². The van der Waals surface area contributed by atoms with Gasteiger partial charge in [0.05, 0.1) is 0 Å². The Morgan fingerprint density at radius 1 is 1.46 bits per heavy atom. The van der Waals surface area contributed by atoms with Crippen LogP contribution in [0.15, 0.2) is 4.34 Å². The molecule has 0 saturated carbocycles. The second-order valence-corrected chi connectivity index (χ2v) is 4.70. The van der Waals surface area contributed by atoms with Gasteiger partial charge < -0.3 is 5.11 Å². The molecule has 0 fully saturated rings. The van der Waals surface area contributed by atoms with E-state index < -0.39 is 0 Å². The Hall–Kier alpha value is -0.130. The van der Waals surface area contributed by atoms with E-state index in [0.29, 0.717) is 0 Å². The molecule has 0 aromatic carbocycles. The molecule has 0 radical (unpaired) electrons. The molecule has 1 aromatic rings. The van der Waals surface area contributed by atoms with E-state index in [1.165, 1.54) is 11.5 Å². The van der Waals surface area contributed by atoms with Gasteiger partial charge in [0, 0.05) is 18.8 Å². The molecular formula is C8H14N2OS2. The first-order valence-electron chi connectivity index (χ1n) is 4.43. The molecule has 0 spiro atoms. The number of aliphatic hydroxyl groups is 1. The maximum absolute atomic E-state index is 8.57. The van der Waals surface area contributed by atoms with E-state index in [9.17, 15) is 0 Å². The predicted molar refractivity (Wildman–Crippen MR) is 56.3 cm³/mol. The fourth-order valence-electron chi connectivity index (χ4n) is 0.814. The summed E-state index contributed by atoms with van der Waals surface area (Å²) in [6, 6.07) is 0. The molecule has 0 atom stereocenters. The molecule has 1 aromatic heterocycles. The summed E-state index contributed by atoms with van der Waals surface area (Å²) in [7, 11) is 0. The molecule has 0 unspecified atom stereocenters. The quantitative estimate of drug-likeness (QED) is 0.585. The van der Waals surface area contributed by atoms with Crippen molar-refractivity contribution in [3.8, 4) is 0 Å². The van der Waals surface area contributed by atoms with Crippen molar-refractivity contribution in [2.75, 3.05) is 12.4 Å². The van der Waals surface area contributed by atoms with E-state index in [0.717, 1.165) is 35.2 Å². The summed E-state index contributed by atoms with van der Waals surface area (Å²) >= 11 is 3.20. The van der Waals surface area contributed by atoms with Gasteiger partial charge in [-0.3, -0.25) is 0 Å². The van der Waals surface area contributed by atoms with Crippen molar-refractivity contribution in [3.63, 3.8) is 0 Å². The van der Waals surface area contributed by atoms with Gasteiger partial charge >= 0.3 is 0 Å². The van der Waals surface area contributed by atoms with E-state index in [4.69, 9.17) is 5.11 Å². The molecule has 1 rings (SSSR count). The first-order valence-corrected chi connectivity index (χ1v) is 6.19. The maximum atomic E-state index is 8.57. The van der Waals surface area contributed by atoms with Gasteiger partial charge in [-0.2, -0.15) is 4.37 Å². The minimum Gasteiger partial charge on any atom is -0.396 e. The van der Waals surface area contributed by atoms with Crippen LogP contribution in [0.4, 0.5) is 0 Å². The smallest absolute Gasteiger partial charge is 0.170 e. The van der Waals surface area contributed by atoms with Gasteiger partial charge in [0.15, 0.2) is 4.34 Å². The molecule has 74 valence electrons. The van der Waals surface area contributed by atoms with Crippen LogP contribution >= 0.6 is 23.3 Å². The molecule has 0 amide bonds. The lowest BCUT2D eigenvalue weighted by Crippen LogP contribution is -1.85. The predicted octanol–water partition coefficient (Wildman–Crippen LogP) is 1.97. The number of nitrogens with zero attached hydrogens (tertiary/aromatic N) is 2. The van der Waals surface area contributed by atoms with Gasteiger partial charge in [0.25, 0.3) is 0 Å². The molecule has 0 aliphatic heterocycles. The molecule has 0 aliphatic rings. The lowest BCUT2D eigenvalue weighted by Gasteiger charge is -1.94. The fraction of sp³-hybridized carbons (Fsp3) is 0.750. The fourth-order valence-corrected chi connectivity index (χ4v) is 2.58. The Morgan fingerprint density at radius 2 is 2.31 bits per heavy atom. The molecule has 1 N–H and O–H groups in total. The van der Waals surface area contributed by atoms with Crippen LogP contribution < -0.4 is 0 Å². The Bertz CT molecular complexity index is 240. The highest BCUT2D eigenvalue weighted by atomic mass is 32.2. The third-order valence-corrected chi connectivity index (χ3v) is 3.50. The number of hydrogen-bond donors (Lipinski definition) is 1. The number of aliphatic hydroxyl groups excluding tert-OH is 1. The van der Waals surface area contributed by atoms with Gasteiger partial charge in [0.2, 0.25) is 0 Å². The summed E-state index contributed by atoms with van der Waals surface area (Å²) in [6.07, 6.45) is 2.84. The first-order chi connectivity index (χ1) is 6.36. The molecule has 0 aliphatic carbocycles. The molecule has 3 nitrogen and oxygen atoms in total. The van der Waals surface area contributed by atoms with E-state index in [2.05, 4.69) is 16.3 Å². The van der Waals surface area contributed by atoms with Crippen LogP contribution in [0.2, 0.25) is 0 Å². The van der Waals surface area contributed by atoms with Crippen molar-refractivity contribution >= 4 is 23.3 Å². The van der Waals surface area contributed by atoms with Crippen LogP contribution in [0.5, 0.6) is 0 Å². The molecule has 0 bridgehead atoms. The number of thioether (sulfide) groups is 1. The summed E-state index contributed by atoms with van der Waals surface area (Å²) in [5, 5.41) is 8.57. The van der Waals surface area contributed by atoms with Crippen LogP contribution in [-0.2, 0) is 6.42 Å². The zero-order valence-corrected chi connectivity index (χ0v) is 9.33. The molecule has 1 heterocycles. The number of aromatic nitrogens is 2. The summed E-state index contributed by atoms with van der Waals surface area (Å²) in [6.45, 7) is 2.35. The highest BCUT2D eigenvalue weighted by Crippen LogP contribution is 2.21. The molecule has 0 saturated heterocycles. The van der Waals surface area contributed by atoms with E-state index in [-0.39, 0.29) is 6.61 Å². The van der Waals surface area contributed by atoms with Gasteiger partial charge in [-0.1, -0.05) is 18.7 Å². The lowest BCUT2D eigenvalue weighted by molar-refractivity contribution is 0.287. The summed E-state index contributed by atoms with van der Waals surface area (Å²) in [5.41, 5.74) is 0. The average Bonchev–Trinajstić information content (AvgIpc) is 2.60. The highest BCUT2D eigenvalue weighted by Gasteiger charge is 2.01. The van der Waals surface area contributed by atoms with Crippen LogP contribution in [0.3, 0.4) is 0 Å². The SMILES string of the molecule is CCc1nsc(SCCCCO)n1. The zero-order valence-electron chi connectivity index (χ0n) is 7.69. The largest absolute Gasteiger partial charge is 0.396 e. The topological polar surface area (TPSA) is 46.0 Å².